The fraction of sp³-hybridized carbons (Fsp3) is 0.333. The maximum absolute atomic E-state index is 8.11. The van der Waals surface area contributed by atoms with Crippen molar-refractivity contribution < 1.29 is 0 Å². The van der Waals surface area contributed by atoms with Crippen LogP contribution in [0.3, 0.4) is 0 Å². The highest BCUT2D eigenvalue weighted by molar-refractivity contribution is 9.10. The first-order chi connectivity index (χ1) is 7.65. The molecule has 1 rings (SSSR count). The third kappa shape index (κ3) is 3.62. The Morgan fingerprint density at radius 2 is 2.00 bits per heavy atom. The van der Waals surface area contributed by atoms with Gasteiger partial charge in [0, 0.05) is 27.9 Å². The second kappa shape index (κ2) is 6.22. The first-order valence-electron chi connectivity index (χ1n) is 4.91. The van der Waals surface area contributed by atoms with Crippen molar-refractivity contribution in [2.45, 2.75) is 20.3 Å². The topological polar surface area (TPSA) is 48.8 Å². The van der Waals surface area contributed by atoms with E-state index < -0.39 is 0 Å². The molecule has 0 unspecified atom stereocenters. The predicted molar refractivity (Wildman–Crippen MR) is 69.1 cm³/mol. The molecule has 0 spiro atoms. The molecule has 0 fully saturated rings. The van der Waals surface area contributed by atoms with Crippen molar-refractivity contribution in [2.75, 3.05) is 6.54 Å². The standard InChI is InChI=1S/C12H12BrN3/c1-9-7-11(13)8-10(2)12(9)5-3-4-6-15-16-14/h7-8H,4,6H2,1-2H3. The first-order valence-corrected chi connectivity index (χ1v) is 5.71. The Hall–Kier alpha value is -1.43. The minimum absolute atomic E-state index is 0.429. The van der Waals surface area contributed by atoms with E-state index in [2.05, 4.69) is 37.8 Å². The molecule has 0 aliphatic carbocycles. The SMILES string of the molecule is Cc1cc(Br)cc(C)c1C#CCCN=[N+]=[N-]. The molecule has 16 heavy (non-hydrogen) atoms. The van der Waals surface area contributed by atoms with Crippen LogP contribution in [0.4, 0.5) is 0 Å². The van der Waals surface area contributed by atoms with Gasteiger partial charge in [0.15, 0.2) is 0 Å². The lowest BCUT2D eigenvalue weighted by atomic mass is 10.0. The van der Waals surface area contributed by atoms with E-state index in [0.29, 0.717) is 13.0 Å². The lowest BCUT2D eigenvalue weighted by Gasteiger charge is -2.03. The molecule has 1 aromatic rings. The molecule has 0 N–H and O–H groups in total. The predicted octanol–water partition coefficient (Wildman–Crippen LogP) is 4.12. The molecular formula is C12H12BrN3. The molecule has 0 saturated heterocycles. The van der Waals surface area contributed by atoms with Gasteiger partial charge in [-0.05, 0) is 42.6 Å². The summed E-state index contributed by atoms with van der Waals surface area (Å²) in [7, 11) is 0. The Kier molecular flexibility index (Phi) is 4.91. The molecule has 1 aromatic carbocycles. The van der Waals surface area contributed by atoms with Gasteiger partial charge in [-0.3, -0.25) is 0 Å². The maximum atomic E-state index is 8.11. The molecular weight excluding hydrogens is 266 g/mol. The summed E-state index contributed by atoms with van der Waals surface area (Å²) < 4.78 is 1.07. The summed E-state index contributed by atoms with van der Waals surface area (Å²) >= 11 is 3.45. The number of nitrogens with zero attached hydrogens (tertiary/aromatic N) is 3. The lowest BCUT2D eigenvalue weighted by molar-refractivity contribution is 1.01. The zero-order chi connectivity index (χ0) is 12.0. The monoisotopic (exact) mass is 277 g/mol. The Morgan fingerprint density at radius 1 is 1.38 bits per heavy atom. The van der Waals surface area contributed by atoms with Gasteiger partial charge in [0.1, 0.15) is 0 Å². The average Bonchev–Trinajstić information content (AvgIpc) is 2.20. The third-order valence-corrected chi connectivity index (χ3v) is 2.57. The molecule has 82 valence electrons. The summed E-state index contributed by atoms with van der Waals surface area (Å²) in [6.07, 6.45) is 0.596. The van der Waals surface area contributed by atoms with Crippen molar-refractivity contribution in [1.82, 2.24) is 0 Å². The van der Waals surface area contributed by atoms with Crippen LogP contribution in [0.2, 0.25) is 0 Å². The Morgan fingerprint density at radius 3 is 2.56 bits per heavy atom. The van der Waals surface area contributed by atoms with Gasteiger partial charge < -0.3 is 0 Å². The summed E-state index contributed by atoms with van der Waals surface area (Å²) in [5.74, 6) is 6.12. The number of hydrogen-bond acceptors (Lipinski definition) is 1. The molecule has 0 atom stereocenters. The Labute approximate surface area is 104 Å². The average molecular weight is 278 g/mol. The molecule has 0 heterocycles. The third-order valence-electron chi connectivity index (χ3n) is 2.11. The van der Waals surface area contributed by atoms with E-state index in [1.165, 1.54) is 0 Å². The maximum Gasteiger partial charge on any atom is 0.0367 e. The van der Waals surface area contributed by atoms with Crippen molar-refractivity contribution in [1.29, 1.82) is 0 Å². The first kappa shape index (κ1) is 12.6. The summed E-state index contributed by atoms with van der Waals surface area (Å²) in [5.41, 5.74) is 11.5. The molecule has 0 radical (unpaired) electrons. The van der Waals surface area contributed by atoms with Crippen molar-refractivity contribution in [3.05, 3.63) is 43.7 Å². The molecule has 0 saturated carbocycles. The van der Waals surface area contributed by atoms with Crippen LogP contribution in [0.15, 0.2) is 21.7 Å². The van der Waals surface area contributed by atoms with Gasteiger partial charge in [-0.1, -0.05) is 32.9 Å². The quantitative estimate of drug-likeness (QED) is 0.257. The van der Waals surface area contributed by atoms with E-state index in [4.69, 9.17) is 5.53 Å². The van der Waals surface area contributed by atoms with Crippen LogP contribution < -0.4 is 0 Å². The van der Waals surface area contributed by atoms with Gasteiger partial charge in [-0.25, -0.2) is 0 Å². The fourth-order valence-corrected chi connectivity index (χ4v) is 2.10. The molecule has 0 amide bonds. The highest BCUT2D eigenvalue weighted by Gasteiger charge is 2.00. The van der Waals surface area contributed by atoms with Crippen LogP contribution in [0.25, 0.3) is 10.4 Å². The molecule has 0 aliphatic rings. The van der Waals surface area contributed by atoms with Gasteiger partial charge in [0.2, 0.25) is 0 Å². The zero-order valence-electron chi connectivity index (χ0n) is 9.29. The van der Waals surface area contributed by atoms with Crippen molar-refractivity contribution >= 4 is 15.9 Å². The summed E-state index contributed by atoms with van der Waals surface area (Å²) in [6.45, 7) is 4.50. The van der Waals surface area contributed by atoms with Gasteiger partial charge in [-0.15, -0.1) is 0 Å². The minimum atomic E-state index is 0.429. The van der Waals surface area contributed by atoms with Crippen LogP contribution in [0, 0.1) is 25.7 Å². The molecule has 0 aromatic heterocycles. The molecule has 0 aliphatic heterocycles. The lowest BCUT2D eigenvalue weighted by Crippen LogP contribution is -1.88. The fourth-order valence-electron chi connectivity index (χ4n) is 1.41. The zero-order valence-corrected chi connectivity index (χ0v) is 10.9. The van der Waals surface area contributed by atoms with E-state index in [1.807, 2.05) is 26.0 Å². The number of benzene rings is 1. The van der Waals surface area contributed by atoms with Crippen LogP contribution >= 0.6 is 15.9 Å². The van der Waals surface area contributed by atoms with Gasteiger partial charge >= 0.3 is 0 Å². The number of halogens is 1. The Bertz CT molecular complexity index is 468. The van der Waals surface area contributed by atoms with Crippen molar-refractivity contribution in [2.24, 2.45) is 5.11 Å². The van der Waals surface area contributed by atoms with Crippen LogP contribution in [0.5, 0.6) is 0 Å². The molecule has 0 bridgehead atoms. The second-order valence-corrected chi connectivity index (χ2v) is 4.34. The van der Waals surface area contributed by atoms with Crippen LogP contribution in [-0.4, -0.2) is 6.54 Å². The van der Waals surface area contributed by atoms with E-state index in [-0.39, 0.29) is 0 Å². The number of rotatable bonds is 2. The summed E-state index contributed by atoms with van der Waals surface area (Å²) in [6, 6.07) is 4.09. The summed E-state index contributed by atoms with van der Waals surface area (Å²) in [4.78, 5) is 2.68. The van der Waals surface area contributed by atoms with Crippen molar-refractivity contribution in [3.63, 3.8) is 0 Å². The number of hydrogen-bond donors (Lipinski definition) is 0. The number of azide groups is 1. The summed E-state index contributed by atoms with van der Waals surface area (Å²) in [5, 5.41) is 3.43. The highest BCUT2D eigenvalue weighted by Crippen LogP contribution is 2.19. The number of aryl methyl sites for hydroxylation is 2. The highest BCUT2D eigenvalue weighted by atomic mass is 79.9. The van der Waals surface area contributed by atoms with Gasteiger partial charge in [0.05, 0.1) is 0 Å². The van der Waals surface area contributed by atoms with E-state index >= 15 is 0 Å². The van der Waals surface area contributed by atoms with Crippen molar-refractivity contribution in [3.8, 4) is 11.8 Å². The van der Waals surface area contributed by atoms with Gasteiger partial charge in [-0.2, -0.15) is 0 Å². The van der Waals surface area contributed by atoms with Crippen LogP contribution in [0.1, 0.15) is 23.1 Å². The minimum Gasteiger partial charge on any atom is -0.0977 e. The van der Waals surface area contributed by atoms with E-state index in [0.717, 1.165) is 21.2 Å². The van der Waals surface area contributed by atoms with Crippen LogP contribution in [-0.2, 0) is 0 Å². The van der Waals surface area contributed by atoms with E-state index in [9.17, 15) is 0 Å². The Balaban J connectivity index is 2.84. The molecule has 3 nitrogen and oxygen atoms in total. The smallest absolute Gasteiger partial charge is 0.0367 e. The van der Waals surface area contributed by atoms with Gasteiger partial charge in [0.25, 0.3) is 0 Å². The largest absolute Gasteiger partial charge is 0.0977 e. The second-order valence-electron chi connectivity index (χ2n) is 3.42. The molecule has 4 heteroatoms. The normalized spacial score (nSPS) is 8.94. The van der Waals surface area contributed by atoms with E-state index in [1.54, 1.807) is 0 Å².